The Labute approximate surface area is 146 Å². The third kappa shape index (κ3) is 5.77. The third-order valence-electron chi connectivity index (χ3n) is 3.18. The average molecular weight is 346 g/mol. The fourth-order valence-corrected chi connectivity index (χ4v) is 2.42. The first-order valence-corrected chi connectivity index (χ1v) is 9.10. The second kappa shape index (κ2) is 9.82. The van der Waals surface area contributed by atoms with Crippen LogP contribution in [0.1, 0.15) is 19.8 Å². The predicted molar refractivity (Wildman–Crippen MR) is 97.0 cm³/mol. The van der Waals surface area contributed by atoms with Crippen LogP contribution in [-0.4, -0.2) is 30.4 Å². The monoisotopic (exact) mass is 346 g/mol. The van der Waals surface area contributed by atoms with E-state index in [2.05, 4.69) is 10.3 Å². The fraction of sp³-hybridized carbons (Fsp3) is 0.333. The molecule has 0 bridgehead atoms. The SMILES string of the molecule is CCOc1ccccc1OCCCC(=O)Nc1ccc(SC)nc1. The van der Waals surface area contributed by atoms with Gasteiger partial charge in [0.05, 0.1) is 30.1 Å². The van der Waals surface area contributed by atoms with E-state index in [4.69, 9.17) is 9.47 Å². The number of nitrogens with one attached hydrogen (secondary N) is 1. The summed E-state index contributed by atoms with van der Waals surface area (Å²) in [6.45, 7) is 2.98. The van der Waals surface area contributed by atoms with E-state index >= 15 is 0 Å². The number of anilines is 1. The molecular formula is C18H22N2O3S. The summed E-state index contributed by atoms with van der Waals surface area (Å²) in [6, 6.07) is 11.3. The third-order valence-corrected chi connectivity index (χ3v) is 3.84. The number of aromatic nitrogens is 1. The summed E-state index contributed by atoms with van der Waals surface area (Å²) in [4.78, 5) is 16.1. The Balaban J connectivity index is 1.72. The van der Waals surface area contributed by atoms with Crippen LogP contribution >= 0.6 is 11.8 Å². The zero-order valence-electron chi connectivity index (χ0n) is 14.0. The molecule has 1 aromatic carbocycles. The van der Waals surface area contributed by atoms with Crippen LogP contribution in [0.5, 0.6) is 11.5 Å². The topological polar surface area (TPSA) is 60.5 Å². The number of carbonyl (C=O) groups excluding carboxylic acids is 1. The molecule has 1 aromatic heterocycles. The van der Waals surface area contributed by atoms with Crippen LogP contribution in [-0.2, 0) is 4.79 Å². The molecule has 2 rings (SSSR count). The van der Waals surface area contributed by atoms with Crippen LogP contribution in [0.25, 0.3) is 0 Å². The quantitative estimate of drug-likeness (QED) is 0.549. The number of amides is 1. The van der Waals surface area contributed by atoms with Crippen LogP contribution in [0.15, 0.2) is 47.6 Å². The van der Waals surface area contributed by atoms with Crippen molar-refractivity contribution in [3.05, 3.63) is 42.6 Å². The summed E-state index contributed by atoms with van der Waals surface area (Å²) in [7, 11) is 0. The first-order chi connectivity index (χ1) is 11.7. The summed E-state index contributed by atoms with van der Waals surface area (Å²) in [5.41, 5.74) is 0.709. The van der Waals surface area contributed by atoms with E-state index < -0.39 is 0 Å². The number of nitrogens with zero attached hydrogens (tertiary/aromatic N) is 1. The molecule has 1 amide bonds. The highest BCUT2D eigenvalue weighted by molar-refractivity contribution is 7.98. The standard InChI is InChI=1S/C18H22N2O3S/c1-3-22-15-7-4-5-8-16(15)23-12-6-9-17(21)20-14-10-11-18(24-2)19-13-14/h4-5,7-8,10-11,13H,3,6,9,12H2,1-2H3,(H,20,21). The molecule has 0 spiro atoms. The van der Waals surface area contributed by atoms with Crippen LogP contribution in [0.4, 0.5) is 5.69 Å². The Morgan fingerprint density at radius 3 is 2.54 bits per heavy atom. The highest BCUT2D eigenvalue weighted by atomic mass is 32.2. The largest absolute Gasteiger partial charge is 0.490 e. The van der Waals surface area contributed by atoms with E-state index in [0.717, 1.165) is 10.8 Å². The van der Waals surface area contributed by atoms with Gasteiger partial charge in [-0.2, -0.15) is 0 Å². The maximum absolute atomic E-state index is 11.9. The maximum Gasteiger partial charge on any atom is 0.224 e. The number of pyridine rings is 1. The number of carbonyl (C=O) groups is 1. The Bertz CT molecular complexity index is 647. The lowest BCUT2D eigenvalue weighted by Crippen LogP contribution is -2.13. The highest BCUT2D eigenvalue weighted by Gasteiger charge is 2.06. The summed E-state index contributed by atoms with van der Waals surface area (Å²) in [6.07, 6.45) is 4.65. The average Bonchev–Trinajstić information content (AvgIpc) is 2.61. The minimum atomic E-state index is -0.0459. The van der Waals surface area contributed by atoms with E-state index in [1.165, 1.54) is 0 Å². The van der Waals surface area contributed by atoms with Crippen molar-refractivity contribution < 1.29 is 14.3 Å². The Morgan fingerprint density at radius 2 is 1.92 bits per heavy atom. The lowest BCUT2D eigenvalue weighted by atomic mass is 10.3. The molecule has 0 aliphatic heterocycles. The fourth-order valence-electron chi connectivity index (χ4n) is 2.06. The number of rotatable bonds is 9. The van der Waals surface area contributed by atoms with Gasteiger partial charge in [0.2, 0.25) is 5.91 Å². The van der Waals surface area contributed by atoms with Gasteiger partial charge < -0.3 is 14.8 Å². The predicted octanol–water partition coefficient (Wildman–Crippen LogP) is 4.00. The lowest BCUT2D eigenvalue weighted by molar-refractivity contribution is -0.116. The van der Waals surface area contributed by atoms with Crippen molar-refractivity contribution in [3.63, 3.8) is 0 Å². The molecule has 0 aliphatic carbocycles. The van der Waals surface area contributed by atoms with Crippen molar-refractivity contribution in [3.8, 4) is 11.5 Å². The molecule has 0 radical (unpaired) electrons. The van der Waals surface area contributed by atoms with E-state index in [0.29, 0.717) is 37.5 Å². The van der Waals surface area contributed by atoms with Crippen molar-refractivity contribution >= 4 is 23.4 Å². The first kappa shape index (κ1) is 18.1. The number of hydrogen-bond donors (Lipinski definition) is 1. The molecule has 5 nitrogen and oxygen atoms in total. The van der Waals surface area contributed by atoms with Crippen molar-refractivity contribution in [2.75, 3.05) is 24.8 Å². The molecule has 2 aromatic rings. The van der Waals surface area contributed by atoms with Gasteiger partial charge in [0.25, 0.3) is 0 Å². The molecule has 0 saturated carbocycles. The Hall–Kier alpha value is -2.21. The molecule has 0 unspecified atom stereocenters. The van der Waals surface area contributed by atoms with E-state index in [1.54, 1.807) is 18.0 Å². The van der Waals surface area contributed by atoms with Gasteiger partial charge >= 0.3 is 0 Å². The van der Waals surface area contributed by atoms with Gasteiger partial charge in [-0.3, -0.25) is 4.79 Å². The van der Waals surface area contributed by atoms with Gasteiger partial charge in [0.15, 0.2) is 11.5 Å². The number of para-hydroxylation sites is 2. The first-order valence-electron chi connectivity index (χ1n) is 7.87. The van der Waals surface area contributed by atoms with Gasteiger partial charge in [-0.15, -0.1) is 11.8 Å². The molecule has 6 heteroatoms. The van der Waals surface area contributed by atoms with Crippen molar-refractivity contribution in [2.24, 2.45) is 0 Å². The second-order valence-electron chi connectivity index (χ2n) is 4.97. The summed E-state index contributed by atoms with van der Waals surface area (Å²) >= 11 is 1.57. The summed E-state index contributed by atoms with van der Waals surface area (Å²) in [5.74, 6) is 1.39. The molecule has 0 saturated heterocycles. The molecule has 0 atom stereocenters. The second-order valence-corrected chi connectivity index (χ2v) is 5.80. The molecular weight excluding hydrogens is 324 g/mol. The zero-order valence-corrected chi connectivity index (χ0v) is 14.8. The van der Waals surface area contributed by atoms with Gasteiger partial charge in [-0.05, 0) is 43.9 Å². The smallest absolute Gasteiger partial charge is 0.224 e. The number of ether oxygens (including phenoxy) is 2. The van der Waals surface area contributed by atoms with Crippen molar-refractivity contribution in [2.45, 2.75) is 24.8 Å². The van der Waals surface area contributed by atoms with E-state index in [1.807, 2.05) is 49.6 Å². The lowest BCUT2D eigenvalue weighted by Gasteiger charge is -2.11. The Kier molecular flexibility index (Phi) is 7.42. The Morgan fingerprint density at radius 1 is 1.17 bits per heavy atom. The van der Waals surface area contributed by atoms with Crippen LogP contribution in [0, 0.1) is 0 Å². The van der Waals surface area contributed by atoms with Crippen molar-refractivity contribution in [1.82, 2.24) is 4.98 Å². The number of hydrogen-bond acceptors (Lipinski definition) is 5. The molecule has 128 valence electrons. The molecule has 24 heavy (non-hydrogen) atoms. The normalized spacial score (nSPS) is 10.2. The molecule has 0 fully saturated rings. The number of thioether (sulfide) groups is 1. The highest BCUT2D eigenvalue weighted by Crippen LogP contribution is 2.26. The molecule has 0 aliphatic rings. The van der Waals surface area contributed by atoms with E-state index in [9.17, 15) is 4.79 Å². The van der Waals surface area contributed by atoms with Crippen LogP contribution in [0.2, 0.25) is 0 Å². The minimum Gasteiger partial charge on any atom is -0.490 e. The summed E-state index contributed by atoms with van der Waals surface area (Å²) < 4.78 is 11.2. The zero-order chi connectivity index (χ0) is 17.2. The van der Waals surface area contributed by atoms with Crippen LogP contribution in [0.3, 0.4) is 0 Å². The van der Waals surface area contributed by atoms with E-state index in [-0.39, 0.29) is 5.91 Å². The molecule has 1 heterocycles. The number of benzene rings is 1. The van der Waals surface area contributed by atoms with Gasteiger partial charge in [-0.1, -0.05) is 12.1 Å². The summed E-state index contributed by atoms with van der Waals surface area (Å²) in [5, 5.41) is 3.76. The van der Waals surface area contributed by atoms with Gasteiger partial charge in [0.1, 0.15) is 0 Å². The van der Waals surface area contributed by atoms with Crippen molar-refractivity contribution in [1.29, 1.82) is 0 Å². The minimum absolute atomic E-state index is 0.0459. The maximum atomic E-state index is 11.9. The van der Waals surface area contributed by atoms with Crippen LogP contribution < -0.4 is 14.8 Å². The van der Waals surface area contributed by atoms with Gasteiger partial charge in [0, 0.05) is 6.42 Å². The van der Waals surface area contributed by atoms with Gasteiger partial charge in [-0.25, -0.2) is 4.98 Å². The molecule has 1 N–H and O–H groups in total.